The van der Waals surface area contributed by atoms with Crippen LogP contribution in [0.2, 0.25) is 0 Å². The van der Waals surface area contributed by atoms with Gasteiger partial charge in [-0.25, -0.2) is 9.97 Å². The molecule has 2 aliphatic rings. The summed E-state index contributed by atoms with van der Waals surface area (Å²) >= 11 is 0. The van der Waals surface area contributed by atoms with Crippen molar-refractivity contribution in [3.8, 4) is 0 Å². The Hall–Kier alpha value is -2.06. The Balaban J connectivity index is 0.000000952. The van der Waals surface area contributed by atoms with E-state index in [4.69, 9.17) is 10.1 Å². The summed E-state index contributed by atoms with van der Waals surface area (Å²) in [5, 5.41) is 15.3. The normalized spacial score (nSPS) is 17.5. The predicted molar refractivity (Wildman–Crippen MR) is 131 cm³/mol. The molecule has 4 rings (SSSR count). The van der Waals surface area contributed by atoms with E-state index in [9.17, 15) is 0 Å². The molecular formula is C24H43N5O2. The SMILES string of the molecule is CC.CC(C)(C)O.Cc1cc(C)cc(Nc2ncc3c(n2)CN(C2CCNC2)C3)c1.O.[HH]. The molecule has 2 aliphatic heterocycles. The highest BCUT2D eigenvalue weighted by atomic mass is 16.3. The van der Waals surface area contributed by atoms with Crippen molar-refractivity contribution < 1.29 is 12.0 Å². The van der Waals surface area contributed by atoms with Gasteiger partial charge in [-0.1, -0.05) is 19.9 Å². The number of fused-ring (bicyclic) bond motifs is 1. The highest BCUT2D eigenvalue weighted by Crippen LogP contribution is 2.26. The van der Waals surface area contributed by atoms with Gasteiger partial charge in [0.2, 0.25) is 5.95 Å². The topological polar surface area (TPSA) is 105 Å². The van der Waals surface area contributed by atoms with Crippen molar-refractivity contribution in [2.75, 3.05) is 18.4 Å². The summed E-state index contributed by atoms with van der Waals surface area (Å²) in [5.41, 5.74) is 5.47. The van der Waals surface area contributed by atoms with Crippen LogP contribution in [0.1, 0.15) is 64.9 Å². The number of benzene rings is 1. The van der Waals surface area contributed by atoms with Gasteiger partial charge < -0.3 is 21.2 Å². The number of hydrogen-bond acceptors (Lipinski definition) is 6. The summed E-state index contributed by atoms with van der Waals surface area (Å²) in [6.45, 7) is 17.6. The van der Waals surface area contributed by atoms with Crippen molar-refractivity contribution in [3.63, 3.8) is 0 Å². The van der Waals surface area contributed by atoms with E-state index in [2.05, 4.69) is 52.6 Å². The summed E-state index contributed by atoms with van der Waals surface area (Å²) < 4.78 is 0. The molecule has 0 amide bonds. The molecule has 1 aromatic carbocycles. The van der Waals surface area contributed by atoms with Crippen LogP contribution >= 0.6 is 0 Å². The zero-order valence-corrected chi connectivity index (χ0v) is 20.2. The molecule has 7 heteroatoms. The first-order valence-corrected chi connectivity index (χ1v) is 11.0. The van der Waals surface area contributed by atoms with Crippen LogP contribution in [0.4, 0.5) is 11.6 Å². The molecule has 5 N–H and O–H groups in total. The third kappa shape index (κ3) is 8.91. The molecule has 176 valence electrons. The van der Waals surface area contributed by atoms with Crippen LogP contribution in [-0.2, 0) is 13.1 Å². The summed E-state index contributed by atoms with van der Waals surface area (Å²) in [4.78, 5) is 11.8. The van der Waals surface area contributed by atoms with E-state index in [0.29, 0.717) is 12.0 Å². The van der Waals surface area contributed by atoms with E-state index >= 15 is 0 Å². The molecule has 1 atom stereocenters. The molecule has 1 aromatic heterocycles. The highest BCUT2D eigenvalue weighted by Gasteiger charge is 2.29. The van der Waals surface area contributed by atoms with Crippen LogP contribution in [0.3, 0.4) is 0 Å². The minimum Gasteiger partial charge on any atom is -0.412 e. The second-order valence-corrected chi connectivity index (χ2v) is 8.89. The molecule has 0 bridgehead atoms. The Morgan fingerprint density at radius 1 is 1.13 bits per heavy atom. The Morgan fingerprint density at radius 3 is 2.29 bits per heavy atom. The predicted octanol–water partition coefficient (Wildman–Crippen LogP) is 3.74. The molecule has 1 saturated heterocycles. The molecule has 0 radical (unpaired) electrons. The van der Waals surface area contributed by atoms with Gasteiger partial charge in [0.05, 0.1) is 11.3 Å². The van der Waals surface area contributed by atoms with E-state index in [-0.39, 0.29) is 6.90 Å². The molecule has 0 aliphatic carbocycles. The molecule has 31 heavy (non-hydrogen) atoms. The second-order valence-electron chi connectivity index (χ2n) is 8.89. The van der Waals surface area contributed by atoms with Crippen LogP contribution in [0.25, 0.3) is 0 Å². The van der Waals surface area contributed by atoms with Gasteiger partial charge in [-0.15, -0.1) is 0 Å². The number of anilines is 2. The smallest absolute Gasteiger partial charge is 0.227 e. The number of aromatic nitrogens is 2. The lowest BCUT2D eigenvalue weighted by Gasteiger charge is -2.21. The quantitative estimate of drug-likeness (QED) is 0.681. The minimum atomic E-state index is -0.500. The standard InChI is InChI=1S/C18H23N5.C4H10O.C2H6.H2O.H2/c1-12-5-13(2)7-15(6-12)21-18-20-8-14-10-23(11-17(14)22-18)16-3-4-19-9-16;1-4(2,3)5;1-2;;/h5-8,16,19H,3-4,9-11H2,1-2H3,(H,20,21,22);5H,1-3H3;1-2H3;1H2;1H. The number of nitrogens with zero attached hydrogens (tertiary/aromatic N) is 3. The molecule has 7 nitrogen and oxygen atoms in total. The van der Waals surface area contributed by atoms with Gasteiger partial charge in [-0.05, 0) is 70.8 Å². The molecule has 3 heterocycles. The average molecular weight is 434 g/mol. The summed E-state index contributed by atoms with van der Waals surface area (Å²) in [7, 11) is 0. The first-order chi connectivity index (χ1) is 14.2. The molecular weight excluding hydrogens is 390 g/mol. The highest BCUT2D eigenvalue weighted by molar-refractivity contribution is 5.56. The second kappa shape index (κ2) is 12.1. The van der Waals surface area contributed by atoms with Gasteiger partial charge in [0, 0.05) is 44.6 Å². The van der Waals surface area contributed by atoms with Crippen molar-refractivity contribution in [1.82, 2.24) is 20.2 Å². The van der Waals surface area contributed by atoms with E-state index < -0.39 is 5.60 Å². The number of hydrogen-bond donors (Lipinski definition) is 3. The van der Waals surface area contributed by atoms with E-state index in [1.165, 1.54) is 28.8 Å². The lowest BCUT2D eigenvalue weighted by molar-refractivity contribution is 0.102. The van der Waals surface area contributed by atoms with Gasteiger partial charge in [0.25, 0.3) is 0 Å². The zero-order chi connectivity index (χ0) is 22.3. The van der Waals surface area contributed by atoms with Crippen molar-refractivity contribution in [1.29, 1.82) is 0 Å². The van der Waals surface area contributed by atoms with Gasteiger partial charge in [0.15, 0.2) is 0 Å². The Labute approximate surface area is 189 Å². The summed E-state index contributed by atoms with van der Waals surface area (Å²) in [6, 6.07) is 7.06. The fourth-order valence-electron chi connectivity index (χ4n) is 3.62. The zero-order valence-electron chi connectivity index (χ0n) is 20.2. The molecule has 0 spiro atoms. The van der Waals surface area contributed by atoms with Crippen LogP contribution in [0.5, 0.6) is 0 Å². The molecule has 1 fully saturated rings. The first kappa shape index (κ1) is 27.0. The van der Waals surface area contributed by atoms with Crippen LogP contribution < -0.4 is 10.6 Å². The van der Waals surface area contributed by atoms with E-state index in [1.807, 2.05) is 20.0 Å². The average Bonchev–Trinajstić information content (AvgIpc) is 3.30. The first-order valence-electron chi connectivity index (χ1n) is 11.0. The maximum atomic E-state index is 8.52. The fourth-order valence-corrected chi connectivity index (χ4v) is 3.62. The van der Waals surface area contributed by atoms with Crippen molar-refractivity contribution in [2.45, 2.75) is 79.6 Å². The fraction of sp³-hybridized carbons (Fsp3) is 0.583. The lowest BCUT2D eigenvalue weighted by Crippen LogP contribution is -2.32. The number of rotatable bonds is 3. The van der Waals surface area contributed by atoms with Crippen LogP contribution in [0.15, 0.2) is 24.4 Å². The third-order valence-electron chi connectivity index (χ3n) is 4.71. The van der Waals surface area contributed by atoms with E-state index in [1.54, 1.807) is 20.8 Å². The van der Waals surface area contributed by atoms with Crippen LogP contribution in [-0.4, -0.2) is 50.2 Å². The molecule has 1 unspecified atom stereocenters. The summed E-state index contributed by atoms with van der Waals surface area (Å²) in [6.07, 6.45) is 3.21. The van der Waals surface area contributed by atoms with Crippen molar-refractivity contribution in [3.05, 3.63) is 46.8 Å². The number of aryl methyl sites for hydroxylation is 2. The Bertz CT molecular complexity index is 794. The van der Waals surface area contributed by atoms with E-state index in [0.717, 1.165) is 31.9 Å². The monoisotopic (exact) mass is 433 g/mol. The Morgan fingerprint density at radius 2 is 1.74 bits per heavy atom. The number of nitrogens with one attached hydrogen (secondary N) is 2. The maximum Gasteiger partial charge on any atom is 0.227 e. The largest absolute Gasteiger partial charge is 0.412 e. The van der Waals surface area contributed by atoms with Gasteiger partial charge in [-0.3, -0.25) is 4.90 Å². The lowest BCUT2D eigenvalue weighted by atomic mass is 10.1. The minimum absolute atomic E-state index is 0. The van der Waals surface area contributed by atoms with Gasteiger partial charge in [-0.2, -0.15) is 0 Å². The van der Waals surface area contributed by atoms with Crippen LogP contribution in [0, 0.1) is 13.8 Å². The van der Waals surface area contributed by atoms with Gasteiger partial charge >= 0.3 is 0 Å². The molecule has 2 aromatic rings. The summed E-state index contributed by atoms with van der Waals surface area (Å²) in [5.74, 6) is 0.695. The number of aliphatic hydroxyl groups is 1. The molecule has 0 saturated carbocycles. The van der Waals surface area contributed by atoms with Gasteiger partial charge in [0.1, 0.15) is 0 Å². The third-order valence-corrected chi connectivity index (χ3v) is 4.71. The maximum absolute atomic E-state index is 8.52. The van der Waals surface area contributed by atoms with Crippen molar-refractivity contribution >= 4 is 11.6 Å². The Kier molecular flexibility index (Phi) is 10.5. The van der Waals surface area contributed by atoms with Crippen molar-refractivity contribution in [2.24, 2.45) is 0 Å².